The first kappa shape index (κ1) is 14.1. The number of hydrogen-bond acceptors (Lipinski definition) is 3. The van der Waals surface area contributed by atoms with E-state index in [2.05, 4.69) is 0 Å². The smallest absolute Gasteiger partial charge is 0.250 e. The highest BCUT2D eigenvalue weighted by atomic mass is 16.5. The Morgan fingerprint density at radius 3 is 2.50 bits per heavy atom. The number of aliphatic hydroxyl groups is 1. The van der Waals surface area contributed by atoms with Gasteiger partial charge in [-0.15, -0.1) is 0 Å². The maximum atomic E-state index is 11.1. The highest BCUT2D eigenvalue weighted by Crippen LogP contribution is 2.20. The van der Waals surface area contributed by atoms with Crippen LogP contribution in [0, 0.1) is 6.92 Å². The number of carbonyl (C=O) groups is 1. The molecular formula is C16H17NO3. The minimum Gasteiger partial charge on any atom is -0.489 e. The third-order valence-corrected chi connectivity index (χ3v) is 3.03. The third kappa shape index (κ3) is 3.36. The first-order valence-corrected chi connectivity index (χ1v) is 6.32. The van der Waals surface area contributed by atoms with Gasteiger partial charge >= 0.3 is 0 Å². The zero-order valence-corrected chi connectivity index (χ0v) is 11.2. The number of ether oxygens (including phenoxy) is 1. The summed E-state index contributed by atoms with van der Waals surface area (Å²) in [4.78, 5) is 11.1. The van der Waals surface area contributed by atoms with Crippen LogP contribution in [0.25, 0.3) is 0 Å². The lowest BCUT2D eigenvalue weighted by atomic mass is 10.0. The largest absolute Gasteiger partial charge is 0.489 e. The van der Waals surface area contributed by atoms with Gasteiger partial charge in [-0.2, -0.15) is 0 Å². The molecule has 20 heavy (non-hydrogen) atoms. The molecule has 0 fully saturated rings. The monoisotopic (exact) mass is 271 g/mol. The number of aryl methyl sites for hydroxylation is 1. The van der Waals surface area contributed by atoms with Crippen LogP contribution in [0.1, 0.15) is 22.8 Å². The van der Waals surface area contributed by atoms with E-state index in [9.17, 15) is 9.90 Å². The van der Waals surface area contributed by atoms with E-state index >= 15 is 0 Å². The van der Waals surface area contributed by atoms with Gasteiger partial charge in [-0.05, 0) is 30.2 Å². The predicted molar refractivity (Wildman–Crippen MR) is 76.1 cm³/mol. The molecule has 1 amide bonds. The van der Waals surface area contributed by atoms with E-state index in [-0.39, 0.29) is 6.61 Å². The predicted octanol–water partition coefficient (Wildman–Crippen LogP) is 2.09. The second-order valence-corrected chi connectivity index (χ2v) is 4.61. The summed E-state index contributed by atoms with van der Waals surface area (Å²) in [5.41, 5.74) is 7.50. The maximum absolute atomic E-state index is 11.1. The van der Waals surface area contributed by atoms with Crippen LogP contribution in [0.4, 0.5) is 0 Å². The molecule has 0 aliphatic carbocycles. The van der Waals surface area contributed by atoms with Crippen LogP contribution in [0.5, 0.6) is 5.75 Å². The Balaban J connectivity index is 2.13. The Bertz CT molecular complexity index is 593. The molecular weight excluding hydrogens is 254 g/mol. The van der Waals surface area contributed by atoms with Crippen molar-refractivity contribution >= 4 is 5.91 Å². The SMILES string of the molecule is Cc1ccc(OCc2ccccc2C(O)C(N)=O)cc1. The van der Waals surface area contributed by atoms with Crippen molar-refractivity contribution in [3.63, 3.8) is 0 Å². The van der Waals surface area contributed by atoms with Gasteiger partial charge in [-0.25, -0.2) is 0 Å². The molecule has 0 heterocycles. The van der Waals surface area contributed by atoms with Gasteiger partial charge in [0.1, 0.15) is 12.4 Å². The van der Waals surface area contributed by atoms with Crippen molar-refractivity contribution in [2.45, 2.75) is 19.6 Å². The van der Waals surface area contributed by atoms with Gasteiger partial charge in [0.2, 0.25) is 0 Å². The van der Waals surface area contributed by atoms with Crippen molar-refractivity contribution in [2.24, 2.45) is 5.73 Å². The van der Waals surface area contributed by atoms with Gasteiger partial charge in [-0.1, -0.05) is 42.0 Å². The second kappa shape index (κ2) is 6.21. The quantitative estimate of drug-likeness (QED) is 0.874. The summed E-state index contributed by atoms with van der Waals surface area (Å²) in [6.07, 6.45) is -1.31. The molecule has 4 nitrogen and oxygen atoms in total. The summed E-state index contributed by atoms with van der Waals surface area (Å²) in [6.45, 7) is 2.27. The van der Waals surface area contributed by atoms with Gasteiger partial charge in [0, 0.05) is 0 Å². The van der Waals surface area contributed by atoms with Crippen molar-refractivity contribution in [3.05, 3.63) is 65.2 Å². The second-order valence-electron chi connectivity index (χ2n) is 4.61. The molecule has 0 radical (unpaired) electrons. The van der Waals surface area contributed by atoms with E-state index in [1.165, 1.54) is 0 Å². The van der Waals surface area contributed by atoms with Gasteiger partial charge in [0.05, 0.1) is 0 Å². The van der Waals surface area contributed by atoms with Crippen molar-refractivity contribution in [3.8, 4) is 5.75 Å². The number of benzene rings is 2. The fourth-order valence-electron chi connectivity index (χ4n) is 1.88. The standard InChI is InChI=1S/C16H17NO3/c1-11-6-8-13(9-7-11)20-10-12-4-2-3-5-14(12)15(18)16(17)19/h2-9,15,18H,10H2,1H3,(H2,17,19). The van der Waals surface area contributed by atoms with E-state index in [0.717, 1.165) is 16.9 Å². The number of carbonyl (C=O) groups excluding carboxylic acids is 1. The number of hydrogen-bond donors (Lipinski definition) is 2. The fourth-order valence-corrected chi connectivity index (χ4v) is 1.88. The number of rotatable bonds is 5. The van der Waals surface area contributed by atoms with Crippen LogP contribution in [0.3, 0.4) is 0 Å². The molecule has 0 spiro atoms. The zero-order valence-electron chi connectivity index (χ0n) is 11.2. The summed E-state index contributed by atoms with van der Waals surface area (Å²) in [5, 5.41) is 9.78. The molecule has 1 unspecified atom stereocenters. The maximum Gasteiger partial charge on any atom is 0.250 e. The zero-order chi connectivity index (χ0) is 14.5. The molecule has 0 aliphatic rings. The number of aliphatic hydroxyl groups excluding tert-OH is 1. The Hall–Kier alpha value is -2.33. The number of nitrogens with two attached hydrogens (primary N) is 1. The summed E-state index contributed by atoms with van der Waals surface area (Å²) < 4.78 is 5.65. The van der Waals surface area contributed by atoms with Crippen molar-refractivity contribution < 1.29 is 14.6 Å². The molecule has 2 rings (SSSR count). The molecule has 1 atom stereocenters. The third-order valence-electron chi connectivity index (χ3n) is 3.03. The van der Waals surface area contributed by atoms with Crippen molar-refractivity contribution in [2.75, 3.05) is 0 Å². The highest BCUT2D eigenvalue weighted by Gasteiger charge is 2.17. The van der Waals surface area contributed by atoms with Crippen LogP contribution in [-0.4, -0.2) is 11.0 Å². The summed E-state index contributed by atoms with van der Waals surface area (Å²) >= 11 is 0. The molecule has 2 aromatic carbocycles. The first-order chi connectivity index (χ1) is 9.58. The van der Waals surface area contributed by atoms with Gasteiger partial charge in [-0.3, -0.25) is 4.79 Å². The van der Waals surface area contributed by atoms with E-state index in [1.807, 2.05) is 37.3 Å². The minimum absolute atomic E-state index is 0.267. The Morgan fingerprint density at radius 1 is 1.20 bits per heavy atom. The van der Waals surface area contributed by atoms with Crippen LogP contribution in [0.2, 0.25) is 0 Å². The molecule has 0 aliphatic heterocycles. The van der Waals surface area contributed by atoms with Crippen LogP contribution >= 0.6 is 0 Å². The van der Waals surface area contributed by atoms with Crippen LogP contribution in [-0.2, 0) is 11.4 Å². The number of amides is 1. The summed E-state index contributed by atoms with van der Waals surface area (Å²) in [6, 6.07) is 14.7. The lowest BCUT2D eigenvalue weighted by Crippen LogP contribution is -2.22. The summed E-state index contributed by atoms with van der Waals surface area (Å²) in [5.74, 6) is -0.0354. The van der Waals surface area contributed by atoms with Crippen molar-refractivity contribution in [1.82, 2.24) is 0 Å². The first-order valence-electron chi connectivity index (χ1n) is 6.32. The minimum atomic E-state index is -1.31. The van der Waals surface area contributed by atoms with Gasteiger partial charge < -0.3 is 15.6 Å². The van der Waals surface area contributed by atoms with Gasteiger partial charge in [0.25, 0.3) is 5.91 Å². The van der Waals surface area contributed by atoms with Gasteiger partial charge in [0.15, 0.2) is 6.10 Å². The highest BCUT2D eigenvalue weighted by molar-refractivity contribution is 5.80. The number of primary amides is 1. The van der Waals surface area contributed by atoms with E-state index < -0.39 is 12.0 Å². The molecule has 4 heteroatoms. The molecule has 0 bridgehead atoms. The molecule has 0 saturated carbocycles. The molecule has 0 saturated heterocycles. The molecule has 0 aromatic heterocycles. The average Bonchev–Trinajstić information content (AvgIpc) is 2.46. The lowest BCUT2D eigenvalue weighted by molar-refractivity contribution is -0.126. The lowest BCUT2D eigenvalue weighted by Gasteiger charge is -2.13. The average molecular weight is 271 g/mol. The van der Waals surface area contributed by atoms with E-state index in [0.29, 0.717) is 5.56 Å². The fraction of sp³-hybridized carbons (Fsp3) is 0.188. The van der Waals surface area contributed by atoms with E-state index in [4.69, 9.17) is 10.5 Å². The van der Waals surface area contributed by atoms with Crippen molar-refractivity contribution in [1.29, 1.82) is 0 Å². The Labute approximate surface area is 117 Å². The van der Waals surface area contributed by atoms with Crippen LogP contribution in [0.15, 0.2) is 48.5 Å². The Kier molecular flexibility index (Phi) is 4.38. The normalized spacial score (nSPS) is 11.9. The van der Waals surface area contributed by atoms with Crippen LogP contribution < -0.4 is 10.5 Å². The molecule has 104 valence electrons. The van der Waals surface area contributed by atoms with E-state index in [1.54, 1.807) is 18.2 Å². The summed E-state index contributed by atoms with van der Waals surface area (Å²) in [7, 11) is 0. The topological polar surface area (TPSA) is 72.6 Å². The molecule has 3 N–H and O–H groups in total. The Morgan fingerprint density at radius 2 is 1.85 bits per heavy atom. The molecule has 2 aromatic rings.